The van der Waals surface area contributed by atoms with E-state index < -0.39 is 0 Å². The number of morpholine rings is 1. The molecule has 2 aliphatic rings. The van der Waals surface area contributed by atoms with Crippen molar-refractivity contribution in [1.82, 2.24) is 15.1 Å². The Morgan fingerprint density at radius 2 is 1.90 bits per heavy atom. The molecule has 7 heteroatoms. The number of benzene rings is 1. The second-order valence-corrected chi connectivity index (χ2v) is 8.55. The van der Waals surface area contributed by atoms with Gasteiger partial charge >= 0.3 is 0 Å². The predicted octanol–water partition coefficient (Wildman–Crippen LogP) is 3.43. The second kappa shape index (κ2) is 12.5. The molecule has 0 aliphatic carbocycles. The number of nitrogens with zero attached hydrogens (tertiary/aromatic N) is 3. The van der Waals surface area contributed by atoms with E-state index in [0.29, 0.717) is 6.54 Å². The van der Waals surface area contributed by atoms with Crippen molar-refractivity contribution in [1.29, 1.82) is 0 Å². The Labute approximate surface area is 186 Å². The fourth-order valence-electron chi connectivity index (χ4n) is 4.20. The first kappa shape index (κ1) is 23.3. The van der Waals surface area contributed by atoms with E-state index in [2.05, 4.69) is 41.2 Å². The molecule has 1 aromatic rings. The SMILES string of the molecule is CCNC(=NCC(c1ccccc1Cl)N1CCOCC1)N(C)CCC1CCOCC1. The molecular formula is C23H37ClN4O2. The molecule has 2 saturated heterocycles. The highest BCUT2D eigenvalue weighted by Gasteiger charge is 2.24. The van der Waals surface area contributed by atoms with E-state index in [4.69, 9.17) is 26.1 Å². The Morgan fingerprint density at radius 1 is 1.20 bits per heavy atom. The zero-order valence-corrected chi connectivity index (χ0v) is 19.2. The van der Waals surface area contributed by atoms with Crippen LogP contribution in [0, 0.1) is 5.92 Å². The Bertz CT molecular complexity index is 660. The quantitative estimate of drug-likeness (QED) is 0.499. The summed E-state index contributed by atoms with van der Waals surface area (Å²) in [5, 5.41) is 4.28. The van der Waals surface area contributed by atoms with Crippen LogP contribution in [0.5, 0.6) is 0 Å². The lowest BCUT2D eigenvalue weighted by Crippen LogP contribution is -2.42. The minimum atomic E-state index is 0.153. The van der Waals surface area contributed by atoms with Gasteiger partial charge in [0.2, 0.25) is 0 Å². The van der Waals surface area contributed by atoms with E-state index >= 15 is 0 Å². The third-order valence-corrected chi connectivity index (χ3v) is 6.42. The molecule has 0 saturated carbocycles. The molecule has 6 nitrogen and oxygen atoms in total. The lowest BCUT2D eigenvalue weighted by atomic mass is 9.96. The van der Waals surface area contributed by atoms with Crippen LogP contribution in [0.15, 0.2) is 29.3 Å². The predicted molar refractivity (Wildman–Crippen MR) is 123 cm³/mol. The summed E-state index contributed by atoms with van der Waals surface area (Å²) in [6, 6.07) is 8.29. The smallest absolute Gasteiger partial charge is 0.193 e. The van der Waals surface area contributed by atoms with Gasteiger partial charge in [0, 0.05) is 51.5 Å². The molecule has 1 unspecified atom stereocenters. The highest BCUT2D eigenvalue weighted by atomic mass is 35.5. The lowest BCUT2D eigenvalue weighted by Gasteiger charge is -2.35. The van der Waals surface area contributed by atoms with Gasteiger partial charge < -0.3 is 19.7 Å². The fraction of sp³-hybridized carbons (Fsp3) is 0.696. The first-order valence-electron chi connectivity index (χ1n) is 11.3. The molecule has 3 rings (SSSR count). The van der Waals surface area contributed by atoms with E-state index in [1.165, 1.54) is 19.3 Å². The van der Waals surface area contributed by atoms with Crippen molar-refractivity contribution in [3.05, 3.63) is 34.9 Å². The van der Waals surface area contributed by atoms with Crippen LogP contribution in [0.4, 0.5) is 0 Å². The Balaban J connectivity index is 1.68. The van der Waals surface area contributed by atoms with Crippen LogP contribution in [0.25, 0.3) is 0 Å². The van der Waals surface area contributed by atoms with Crippen LogP contribution in [-0.4, -0.2) is 82.0 Å². The number of nitrogens with one attached hydrogen (secondary N) is 1. The minimum absolute atomic E-state index is 0.153. The molecule has 1 atom stereocenters. The number of halogens is 1. The van der Waals surface area contributed by atoms with Gasteiger partial charge in [-0.1, -0.05) is 29.8 Å². The minimum Gasteiger partial charge on any atom is -0.381 e. The van der Waals surface area contributed by atoms with Crippen molar-refractivity contribution in [2.45, 2.75) is 32.2 Å². The Morgan fingerprint density at radius 3 is 2.60 bits per heavy atom. The van der Waals surface area contributed by atoms with E-state index in [0.717, 1.165) is 75.1 Å². The average Bonchev–Trinajstić information content (AvgIpc) is 2.79. The van der Waals surface area contributed by atoms with E-state index in [1.54, 1.807) is 0 Å². The van der Waals surface area contributed by atoms with E-state index in [-0.39, 0.29) is 6.04 Å². The molecular weight excluding hydrogens is 400 g/mol. The van der Waals surface area contributed by atoms with Crippen molar-refractivity contribution in [2.24, 2.45) is 10.9 Å². The summed E-state index contributed by atoms with van der Waals surface area (Å²) in [6.45, 7) is 9.79. The summed E-state index contributed by atoms with van der Waals surface area (Å²) in [5.74, 6) is 1.73. The standard InChI is InChI=1S/C23H37ClN4O2/c1-3-25-23(27(2)11-8-19-9-14-29-15-10-19)26-18-22(28-12-16-30-17-13-28)20-6-4-5-7-21(20)24/h4-7,19,22H,3,8-18H2,1-2H3,(H,25,26). The summed E-state index contributed by atoms with van der Waals surface area (Å²) in [4.78, 5) is 9.75. The van der Waals surface area contributed by atoms with Crippen LogP contribution in [0.1, 0.15) is 37.8 Å². The van der Waals surface area contributed by atoms with Crippen LogP contribution in [-0.2, 0) is 9.47 Å². The van der Waals surface area contributed by atoms with Gasteiger partial charge in [0.1, 0.15) is 0 Å². The first-order valence-corrected chi connectivity index (χ1v) is 11.7. The first-order chi connectivity index (χ1) is 14.7. The zero-order valence-electron chi connectivity index (χ0n) is 18.5. The van der Waals surface area contributed by atoms with E-state index in [1.807, 2.05) is 12.1 Å². The summed E-state index contributed by atoms with van der Waals surface area (Å²) in [6.07, 6.45) is 3.53. The zero-order chi connectivity index (χ0) is 21.2. The number of aliphatic imine (C=N–C) groups is 1. The van der Waals surface area contributed by atoms with Gasteiger partial charge in [0.15, 0.2) is 5.96 Å². The van der Waals surface area contributed by atoms with Crippen molar-refractivity contribution in [2.75, 3.05) is 66.2 Å². The molecule has 0 bridgehead atoms. The highest BCUT2D eigenvalue weighted by Crippen LogP contribution is 2.28. The van der Waals surface area contributed by atoms with Gasteiger partial charge in [-0.2, -0.15) is 0 Å². The molecule has 0 amide bonds. The second-order valence-electron chi connectivity index (χ2n) is 8.15. The monoisotopic (exact) mass is 436 g/mol. The number of hydrogen-bond acceptors (Lipinski definition) is 4. The molecule has 168 valence electrons. The van der Waals surface area contributed by atoms with Gasteiger partial charge in [-0.15, -0.1) is 0 Å². The topological polar surface area (TPSA) is 49.3 Å². The van der Waals surface area contributed by atoms with Gasteiger partial charge in [-0.25, -0.2) is 0 Å². The summed E-state index contributed by atoms with van der Waals surface area (Å²) in [5.41, 5.74) is 1.14. The van der Waals surface area contributed by atoms with Crippen molar-refractivity contribution in [3.8, 4) is 0 Å². The number of ether oxygens (including phenoxy) is 2. The third kappa shape index (κ3) is 6.84. The van der Waals surface area contributed by atoms with Gasteiger partial charge in [0.25, 0.3) is 0 Å². The van der Waals surface area contributed by atoms with Crippen LogP contribution < -0.4 is 5.32 Å². The summed E-state index contributed by atoms with van der Waals surface area (Å²) >= 11 is 6.57. The summed E-state index contributed by atoms with van der Waals surface area (Å²) < 4.78 is 11.1. The van der Waals surface area contributed by atoms with Gasteiger partial charge in [-0.3, -0.25) is 9.89 Å². The molecule has 2 aliphatic heterocycles. The molecule has 2 heterocycles. The van der Waals surface area contributed by atoms with Crippen LogP contribution in [0.3, 0.4) is 0 Å². The average molecular weight is 437 g/mol. The Hall–Kier alpha value is -1.34. The molecule has 0 aromatic heterocycles. The third-order valence-electron chi connectivity index (χ3n) is 6.07. The number of guanidine groups is 1. The van der Waals surface area contributed by atoms with Crippen molar-refractivity contribution < 1.29 is 9.47 Å². The molecule has 30 heavy (non-hydrogen) atoms. The maximum Gasteiger partial charge on any atom is 0.193 e. The molecule has 0 radical (unpaired) electrons. The molecule has 2 fully saturated rings. The maximum atomic E-state index is 6.57. The number of hydrogen-bond donors (Lipinski definition) is 1. The van der Waals surface area contributed by atoms with Crippen molar-refractivity contribution in [3.63, 3.8) is 0 Å². The van der Waals surface area contributed by atoms with Crippen molar-refractivity contribution >= 4 is 17.6 Å². The molecule has 0 spiro atoms. The Kier molecular flexibility index (Phi) is 9.72. The molecule has 1 aromatic carbocycles. The maximum absolute atomic E-state index is 6.57. The van der Waals surface area contributed by atoms with Crippen LogP contribution >= 0.6 is 11.6 Å². The lowest BCUT2D eigenvalue weighted by molar-refractivity contribution is 0.0179. The fourth-order valence-corrected chi connectivity index (χ4v) is 4.47. The van der Waals surface area contributed by atoms with Gasteiger partial charge in [-0.05, 0) is 43.7 Å². The van der Waals surface area contributed by atoms with Crippen LogP contribution in [0.2, 0.25) is 5.02 Å². The molecule has 1 N–H and O–H groups in total. The summed E-state index contributed by atoms with van der Waals surface area (Å²) in [7, 11) is 2.14. The van der Waals surface area contributed by atoms with Gasteiger partial charge in [0.05, 0.1) is 25.8 Å². The number of rotatable bonds is 8. The highest BCUT2D eigenvalue weighted by molar-refractivity contribution is 6.31. The van der Waals surface area contributed by atoms with E-state index in [9.17, 15) is 0 Å². The largest absolute Gasteiger partial charge is 0.381 e. The normalized spacial score (nSPS) is 20.2.